The van der Waals surface area contributed by atoms with Gasteiger partial charge in [0, 0.05) is 35.0 Å². The molecule has 0 bridgehead atoms. The second kappa shape index (κ2) is 7.31. The van der Waals surface area contributed by atoms with Crippen LogP contribution in [0.2, 0.25) is 0 Å². The summed E-state index contributed by atoms with van der Waals surface area (Å²) in [6, 6.07) is 13.7. The van der Waals surface area contributed by atoms with Gasteiger partial charge in [0.2, 0.25) is 5.91 Å². The minimum Gasteiger partial charge on any atom is -0.348 e. The van der Waals surface area contributed by atoms with Crippen LogP contribution in [0.25, 0.3) is 10.9 Å². The van der Waals surface area contributed by atoms with E-state index in [0.717, 1.165) is 17.4 Å². The molecule has 0 spiro atoms. The number of carbonyl (C=O) groups is 1. The zero-order valence-electron chi connectivity index (χ0n) is 16.5. The smallest absolute Gasteiger partial charge is 0.261 e. The van der Waals surface area contributed by atoms with E-state index < -0.39 is 15.4 Å². The summed E-state index contributed by atoms with van der Waals surface area (Å²) in [5.41, 5.74) is 1.42. The van der Waals surface area contributed by atoms with Crippen molar-refractivity contribution in [3.05, 3.63) is 54.7 Å². The molecule has 7 heteroatoms. The van der Waals surface area contributed by atoms with E-state index in [1.54, 1.807) is 42.5 Å². The summed E-state index contributed by atoms with van der Waals surface area (Å²) < 4.78 is 30.1. The maximum atomic E-state index is 12.8. The monoisotopic (exact) mass is 399 g/mol. The van der Waals surface area contributed by atoms with Crippen molar-refractivity contribution in [1.82, 2.24) is 4.57 Å². The van der Waals surface area contributed by atoms with Crippen molar-refractivity contribution in [1.29, 1.82) is 0 Å². The van der Waals surface area contributed by atoms with E-state index in [1.165, 1.54) is 0 Å². The quantitative estimate of drug-likeness (QED) is 0.665. The highest BCUT2D eigenvalue weighted by Crippen LogP contribution is 2.24. The van der Waals surface area contributed by atoms with Crippen LogP contribution in [0.15, 0.2) is 59.6 Å². The molecular weight excluding hydrogens is 374 g/mol. The van der Waals surface area contributed by atoms with Gasteiger partial charge in [-0.25, -0.2) is 8.42 Å². The van der Waals surface area contributed by atoms with E-state index in [9.17, 15) is 13.2 Å². The summed E-state index contributed by atoms with van der Waals surface area (Å²) in [5, 5.41) is 3.81. The van der Waals surface area contributed by atoms with Gasteiger partial charge in [-0.3, -0.25) is 9.52 Å². The maximum Gasteiger partial charge on any atom is 0.261 e. The van der Waals surface area contributed by atoms with Crippen LogP contribution in [-0.2, 0) is 21.4 Å². The first-order valence-electron chi connectivity index (χ1n) is 9.13. The number of nitrogens with one attached hydrogen (secondary N) is 2. The van der Waals surface area contributed by atoms with Crippen LogP contribution in [0, 0.1) is 5.41 Å². The van der Waals surface area contributed by atoms with E-state index in [0.29, 0.717) is 11.4 Å². The number of aromatic nitrogens is 1. The fraction of sp³-hybridized carbons (Fsp3) is 0.286. The average Bonchev–Trinajstić information content (AvgIpc) is 3.04. The van der Waals surface area contributed by atoms with Crippen molar-refractivity contribution in [2.45, 2.75) is 39.1 Å². The molecule has 0 fully saturated rings. The third-order valence-corrected chi connectivity index (χ3v) is 5.85. The number of fused-ring (bicyclic) bond motifs is 1. The fourth-order valence-corrected chi connectivity index (χ4v) is 3.84. The van der Waals surface area contributed by atoms with Crippen LogP contribution in [0.3, 0.4) is 0 Å². The zero-order chi connectivity index (χ0) is 20.5. The molecule has 148 valence electrons. The average molecular weight is 400 g/mol. The van der Waals surface area contributed by atoms with Crippen LogP contribution in [0.4, 0.5) is 11.4 Å². The topological polar surface area (TPSA) is 80.2 Å². The van der Waals surface area contributed by atoms with Gasteiger partial charge in [0.25, 0.3) is 10.0 Å². The molecule has 0 aliphatic heterocycles. The van der Waals surface area contributed by atoms with Gasteiger partial charge in [-0.2, -0.15) is 0 Å². The molecule has 0 saturated carbocycles. The van der Waals surface area contributed by atoms with Gasteiger partial charge in [-0.05, 0) is 54.8 Å². The summed E-state index contributed by atoms with van der Waals surface area (Å²) in [5.74, 6) is -0.104. The van der Waals surface area contributed by atoms with Crippen molar-refractivity contribution in [2.24, 2.45) is 5.41 Å². The second-order valence-corrected chi connectivity index (χ2v) is 9.39. The Morgan fingerprint density at radius 2 is 1.64 bits per heavy atom. The third kappa shape index (κ3) is 4.20. The third-order valence-electron chi connectivity index (χ3n) is 4.47. The number of carbonyl (C=O) groups excluding carboxylic acids is 1. The number of amides is 1. The number of anilines is 2. The molecule has 1 amide bonds. The predicted molar refractivity (Wildman–Crippen MR) is 113 cm³/mol. The number of nitrogens with zero attached hydrogens (tertiary/aromatic N) is 1. The van der Waals surface area contributed by atoms with Gasteiger partial charge < -0.3 is 9.88 Å². The van der Waals surface area contributed by atoms with Gasteiger partial charge >= 0.3 is 0 Å². The van der Waals surface area contributed by atoms with Crippen molar-refractivity contribution in [3.63, 3.8) is 0 Å². The lowest BCUT2D eigenvalue weighted by Gasteiger charge is -2.17. The largest absolute Gasteiger partial charge is 0.348 e. The van der Waals surface area contributed by atoms with Gasteiger partial charge in [-0.15, -0.1) is 0 Å². The molecule has 1 heterocycles. The second-order valence-electron chi connectivity index (χ2n) is 7.71. The van der Waals surface area contributed by atoms with E-state index in [4.69, 9.17) is 0 Å². The lowest BCUT2D eigenvalue weighted by Crippen LogP contribution is -2.27. The first-order chi connectivity index (χ1) is 13.1. The Morgan fingerprint density at radius 3 is 2.25 bits per heavy atom. The molecule has 28 heavy (non-hydrogen) atoms. The van der Waals surface area contributed by atoms with Gasteiger partial charge in [0.1, 0.15) is 0 Å². The summed E-state index contributed by atoms with van der Waals surface area (Å²) in [6.07, 6.45) is 1.94. The molecule has 0 aliphatic rings. The molecule has 0 unspecified atom stereocenters. The Labute approximate surface area is 165 Å². The lowest BCUT2D eigenvalue weighted by atomic mass is 9.95. The number of rotatable bonds is 5. The predicted octanol–water partition coefficient (Wildman–Crippen LogP) is 4.45. The molecule has 0 aliphatic carbocycles. The number of sulfonamides is 1. The first kappa shape index (κ1) is 19.9. The van der Waals surface area contributed by atoms with Crippen LogP contribution in [0.5, 0.6) is 0 Å². The molecule has 2 N–H and O–H groups in total. The van der Waals surface area contributed by atoms with Crippen LogP contribution in [-0.4, -0.2) is 18.9 Å². The summed E-state index contributed by atoms with van der Waals surface area (Å²) in [4.78, 5) is 12.3. The number of aryl methyl sites for hydroxylation is 1. The molecule has 6 nitrogen and oxygen atoms in total. The standard InChI is InChI=1S/C21H25N3O3S/c1-5-24-13-12-15-6-11-18(14-19(15)24)28(26,27)23-17-9-7-16(8-10-17)22-20(25)21(2,3)4/h6-14,23H,5H2,1-4H3,(H,22,25). The molecule has 3 aromatic rings. The van der Waals surface area contributed by atoms with E-state index >= 15 is 0 Å². The molecule has 2 aromatic carbocycles. The van der Waals surface area contributed by atoms with Crippen LogP contribution >= 0.6 is 0 Å². The molecule has 0 radical (unpaired) electrons. The van der Waals surface area contributed by atoms with Crippen molar-refractivity contribution < 1.29 is 13.2 Å². The van der Waals surface area contributed by atoms with E-state index in [2.05, 4.69) is 10.0 Å². The Bertz CT molecular complexity index is 1110. The Hall–Kier alpha value is -2.80. The number of hydrogen-bond donors (Lipinski definition) is 2. The Morgan fingerprint density at radius 1 is 1.00 bits per heavy atom. The fourth-order valence-electron chi connectivity index (χ4n) is 2.76. The molecule has 0 atom stereocenters. The maximum absolute atomic E-state index is 12.8. The van der Waals surface area contributed by atoms with Crippen LogP contribution in [0.1, 0.15) is 27.7 Å². The van der Waals surface area contributed by atoms with Crippen molar-refractivity contribution >= 4 is 38.2 Å². The molecule has 1 aromatic heterocycles. The summed E-state index contributed by atoms with van der Waals surface area (Å²) >= 11 is 0. The zero-order valence-corrected chi connectivity index (χ0v) is 17.3. The summed E-state index contributed by atoms with van der Waals surface area (Å²) in [6.45, 7) is 8.27. The minimum absolute atomic E-state index is 0.104. The summed E-state index contributed by atoms with van der Waals surface area (Å²) in [7, 11) is -3.72. The first-order valence-corrected chi connectivity index (χ1v) is 10.6. The number of benzene rings is 2. The highest BCUT2D eigenvalue weighted by Gasteiger charge is 2.21. The van der Waals surface area contributed by atoms with Crippen molar-refractivity contribution in [3.8, 4) is 0 Å². The normalized spacial score (nSPS) is 12.1. The SMILES string of the molecule is CCn1ccc2ccc(S(=O)(=O)Nc3ccc(NC(=O)C(C)(C)C)cc3)cc21. The molecule has 3 rings (SSSR count). The lowest BCUT2D eigenvalue weighted by molar-refractivity contribution is -0.123. The van der Waals surface area contributed by atoms with Crippen LogP contribution < -0.4 is 10.0 Å². The van der Waals surface area contributed by atoms with E-state index in [-0.39, 0.29) is 10.8 Å². The minimum atomic E-state index is -3.72. The van der Waals surface area contributed by atoms with Gasteiger partial charge in [0.15, 0.2) is 0 Å². The van der Waals surface area contributed by atoms with Crippen molar-refractivity contribution in [2.75, 3.05) is 10.0 Å². The van der Waals surface area contributed by atoms with Gasteiger partial charge in [-0.1, -0.05) is 26.8 Å². The van der Waals surface area contributed by atoms with Gasteiger partial charge in [0.05, 0.1) is 4.90 Å². The molecule has 0 saturated heterocycles. The molecular formula is C21H25N3O3S. The Kier molecular flexibility index (Phi) is 5.21. The highest BCUT2D eigenvalue weighted by molar-refractivity contribution is 7.92. The number of hydrogen-bond acceptors (Lipinski definition) is 3. The highest BCUT2D eigenvalue weighted by atomic mass is 32.2. The van der Waals surface area contributed by atoms with E-state index in [1.807, 2.05) is 44.5 Å². The Balaban J connectivity index is 1.80.